The maximum absolute atomic E-state index is 9.88. The van der Waals surface area contributed by atoms with Crippen LogP contribution >= 0.6 is 0 Å². The molecule has 10 heavy (non-hydrogen) atoms. The van der Waals surface area contributed by atoms with E-state index in [9.17, 15) is 5.11 Å². The second-order valence-corrected chi connectivity index (χ2v) is 1.68. The van der Waals surface area contributed by atoms with Gasteiger partial charge in [0.1, 0.15) is 6.61 Å². The SMILES string of the molecule is COC(COCC[O])OC. The van der Waals surface area contributed by atoms with Crippen molar-refractivity contribution in [1.82, 2.24) is 0 Å². The zero-order chi connectivity index (χ0) is 7.82. The van der Waals surface area contributed by atoms with Gasteiger partial charge in [-0.25, -0.2) is 5.11 Å². The van der Waals surface area contributed by atoms with Gasteiger partial charge in [-0.15, -0.1) is 0 Å². The Morgan fingerprint density at radius 2 is 1.90 bits per heavy atom. The standard InChI is InChI=1S/C6H13O4/c1-8-6(9-2)5-10-4-3-7/h6H,3-5H2,1-2H3. The van der Waals surface area contributed by atoms with Gasteiger partial charge >= 0.3 is 0 Å². The van der Waals surface area contributed by atoms with Crippen molar-refractivity contribution in [3.8, 4) is 0 Å². The third-order valence-electron chi connectivity index (χ3n) is 1.01. The molecule has 0 amide bonds. The molecule has 0 rings (SSSR count). The van der Waals surface area contributed by atoms with Crippen molar-refractivity contribution in [2.75, 3.05) is 34.0 Å². The molecule has 0 unspecified atom stereocenters. The summed E-state index contributed by atoms with van der Waals surface area (Å²) >= 11 is 0. The minimum Gasteiger partial charge on any atom is -0.374 e. The highest BCUT2D eigenvalue weighted by atomic mass is 16.7. The van der Waals surface area contributed by atoms with Crippen LogP contribution in [0, 0.1) is 0 Å². The Hall–Kier alpha value is -0.160. The van der Waals surface area contributed by atoms with Gasteiger partial charge in [0.15, 0.2) is 6.29 Å². The van der Waals surface area contributed by atoms with Crippen LogP contribution in [0.15, 0.2) is 0 Å². The fourth-order valence-electron chi connectivity index (χ4n) is 0.471. The van der Waals surface area contributed by atoms with Gasteiger partial charge in [0.05, 0.1) is 13.2 Å². The summed E-state index contributed by atoms with van der Waals surface area (Å²) in [4.78, 5) is 0. The van der Waals surface area contributed by atoms with E-state index in [0.717, 1.165) is 0 Å². The topological polar surface area (TPSA) is 47.6 Å². The Kier molecular flexibility index (Phi) is 6.84. The Balaban J connectivity index is 3.09. The molecule has 0 atom stereocenters. The van der Waals surface area contributed by atoms with E-state index in [0.29, 0.717) is 6.61 Å². The summed E-state index contributed by atoms with van der Waals surface area (Å²) in [5.41, 5.74) is 0. The molecule has 0 fully saturated rings. The molecule has 0 bridgehead atoms. The molecule has 0 aromatic carbocycles. The third-order valence-corrected chi connectivity index (χ3v) is 1.01. The van der Waals surface area contributed by atoms with Crippen LogP contribution in [0.1, 0.15) is 0 Å². The molecule has 0 saturated heterocycles. The van der Waals surface area contributed by atoms with Crippen molar-refractivity contribution in [3.05, 3.63) is 0 Å². The summed E-state index contributed by atoms with van der Waals surface area (Å²) in [5, 5.41) is 9.88. The van der Waals surface area contributed by atoms with E-state index in [2.05, 4.69) is 0 Å². The third kappa shape index (κ3) is 4.69. The van der Waals surface area contributed by atoms with Crippen LogP contribution in [0.5, 0.6) is 0 Å². The maximum Gasteiger partial charge on any atom is 0.180 e. The zero-order valence-corrected chi connectivity index (χ0v) is 6.33. The highest BCUT2D eigenvalue weighted by Gasteiger charge is 2.02. The summed E-state index contributed by atoms with van der Waals surface area (Å²) in [6.07, 6.45) is -0.355. The van der Waals surface area contributed by atoms with Gasteiger partial charge in [0.2, 0.25) is 0 Å². The van der Waals surface area contributed by atoms with Crippen LogP contribution in [0.3, 0.4) is 0 Å². The fourth-order valence-corrected chi connectivity index (χ4v) is 0.471. The van der Waals surface area contributed by atoms with E-state index >= 15 is 0 Å². The summed E-state index contributed by atoms with van der Waals surface area (Å²) in [5.74, 6) is 0. The van der Waals surface area contributed by atoms with E-state index in [-0.39, 0.29) is 19.5 Å². The van der Waals surface area contributed by atoms with Gasteiger partial charge in [-0.2, -0.15) is 0 Å². The molecule has 0 N–H and O–H groups in total. The molecular formula is C6H13O4. The Labute approximate surface area is 60.7 Å². The first-order valence-electron chi connectivity index (χ1n) is 3.06. The van der Waals surface area contributed by atoms with E-state index in [4.69, 9.17) is 14.2 Å². The molecule has 0 heterocycles. The second-order valence-electron chi connectivity index (χ2n) is 1.68. The van der Waals surface area contributed by atoms with Crippen molar-refractivity contribution in [2.45, 2.75) is 6.29 Å². The van der Waals surface area contributed by atoms with Crippen molar-refractivity contribution in [3.63, 3.8) is 0 Å². The van der Waals surface area contributed by atoms with E-state index in [1.807, 2.05) is 0 Å². The Morgan fingerprint density at radius 3 is 2.30 bits per heavy atom. The van der Waals surface area contributed by atoms with Gasteiger partial charge in [-0.1, -0.05) is 0 Å². The zero-order valence-electron chi connectivity index (χ0n) is 6.33. The average molecular weight is 149 g/mol. The predicted octanol–water partition coefficient (Wildman–Crippen LogP) is 0.0524. The van der Waals surface area contributed by atoms with Crippen molar-refractivity contribution >= 4 is 0 Å². The predicted molar refractivity (Wildman–Crippen MR) is 34.2 cm³/mol. The molecule has 61 valence electrons. The van der Waals surface area contributed by atoms with Crippen LogP contribution in [-0.2, 0) is 19.3 Å². The van der Waals surface area contributed by atoms with Crippen LogP contribution in [0.2, 0.25) is 0 Å². The number of hydrogen-bond acceptors (Lipinski definition) is 3. The number of rotatable bonds is 6. The molecule has 1 radical (unpaired) electrons. The molecule has 4 nitrogen and oxygen atoms in total. The van der Waals surface area contributed by atoms with Crippen LogP contribution in [-0.4, -0.2) is 40.3 Å². The highest BCUT2D eigenvalue weighted by molar-refractivity contribution is 4.37. The second kappa shape index (κ2) is 6.95. The van der Waals surface area contributed by atoms with Gasteiger partial charge in [0, 0.05) is 14.2 Å². The summed E-state index contributed by atoms with van der Waals surface area (Å²) < 4.78 is 14.5. The summed E-state index contributed by atoms with van der Waals surface area (Å²) in [6, 6.07) is 0. The van der Waals surface area contributed by atoms with Gasteiger partial charge in [-0.3, -0.25) is 0 Å². The molecule has 0 aromatic rings. The van der Waals surface area contributed by atoms with Gasteiger partial charge in [-0.05, 0) is 0 Å². The first-order valence-corrected chi connectivity index (χ1v) is 3.06. The maximum atomic E-state index is 9.88. The lowest BCUT2D eigenvalue weighted by Crippen LogP contribution is -2.20. The number of ether oxygens (including phenoxy) is 3. The molecule has 0 aliphatic rings. The first kappa shape index (κ1) is 9.84. The molecule has 0 spiro atoms. The first-order chi connectivity index (χ1) is 4.85. The number of hydrogen-bond donors (Lipinski definition) is 0. The van der Waals surface area contributed by atoms with Crippen molar-refractivity contribution in [2.24, 2.45) is 0 Å². The average Bonchev–Trinajstić information content (AvgIpc) is 1.99. The monoisotopic (exact) mass is 149 g/mol. The van der Waals surface area contributed by atoms with Gasteiger partial charge in [0.25, 0.3) is 0 Å². The Bertz CT molecular complexity index is 62.8. The normalized spacial score (nSPS) is 10.8. The quantitative estimate of drug-likeness (QED) is 0.396. The molecule has 0 saturated carbocycles. The van der Waals surface area contributed by atoms with E-state index in [1.54, 1.807) is 0 Å². The minimum absolute atomic E-state index is 0.212. The molecule has 0 aliphatic heterocycles. The molecular weight excluding hydrogens is 136 g/mol. The highest BCUT2D eigenvalue weighted by Crippen LogP contribution is 1.90. The van der Waals surface area contributed by atoms with E-state index in [1.165, 1.54) is 14.2 Å². The largest absolute Gasteiger partial charge is 0.374 e. The minimum atomic E-state index is -0.355. The fraction of sp³-hybridized carbons (Fsp3) is 1.00. The van der Waals surface area contributed by atoms with E-state index < -0.39 is 0 Å². The lowest BCUT2D eigenvalue weighted by molar-refractivity contribution is -0.143. The van der Waals surface area contributed by atoms with Crippen molar-refractivity contribution < 1.29 is 19.3 Å². The lowest BCUT2D eigenvalue weighted by Gasteiger charge is -2.12. The summed E-state index contributed by atoms with van der Waals surface area (Å²) in [6.45, 7) is 0.304. The number of methoxy groups -OCH3 is 2. The molecule has 0 aromatic heterocycles. The van der Waals surface area contributed by atoms with Crippen molar-refractivity contribution in [1.29, 1.82) is 0 Å². The van der Waals surface area contributed by atoms with Crippen LogP contribution in [0.25, 0.3) is 0 Å². The molecule has 4 heteroatoms. The summed E-state index contributed by atoms with van der Waals surface area (Å²) in [7, 11) is 3.05. The van der Waals surface area contributed by atoms with Crippen LogP contribution in [0.4, 0.5) is 0 Å². The van der Waals surface area contributed by atoms with Gasteiger partial charge < -0.3 is 14.2 Å². The van der Waals surface area contributed by atoms with Crippen LogP contribution < -0.4 is 0 Å². The lowest BCUT2D eigenvalue weighted by atomic mass is 10.6. The molecule has 0 aliphatic carbocycles. The smallest absolute Gasteiger partial charge is 0.180 e. The Morgan fingerprint density at radius 1 is 1.30 bits per heavy atom.